The fourth-order valence-corrected chi connectivity index (χ4v) is 7.10. The van der Waals surface area contributed by atoms with Gasteiger partial charge in [0.25, 0.3) is 20.2 Å². The van der Waals surface area contributed by atoms with Gasteiger partial charge in [-0.3, -0.25) is 8.37 Å². The highest BCUT2D eigenvalue weighted by Gasteiger charge is 2.38. The molecule has 0 spiro atoms. The maximum absolute atomic E-state index is 14.3. The van der Waals surface area contributed by atoms with Gasteiger partial charge in [-0.15, -0.1) is 0 Å². The Morgan fingerprint density at radius 3 is 1.41 bits per heavy atom. The third kappa shape index (κ3) is 21.9. The number of fused-ring (bicyclic) bond motifs is 2. The highest BCUT2D eigenvalue weighted by atomic mass is 32.2. The first-order valence-corrected chi connectivity index (χ1v) is 25.9. The summed E-state index contributed by atoms with van der Waals surface area (Å²) in [4.78, 5) is 0. The normalized spacial score (nSPS) is 13.6. The molecule has 2 heterocycles. The smallest absolute Gasteiger partial charge is 0.264 e. The maximum Gasteiger partial charge on any atom is 0.264 e. The lowest BCUT2D eigenvalue weighted by Gasteiger charge is -2.34. The summed E-state index contributed by atoms with van der Waals surface area (Å²) < 4.78 is 149. The van der Waals surface area contributed by atoms with Crippen LogP contribution in [0.1, 0.15) is 51.9 Å². The van der Waals surface area contributed by atoms with E-state index in [0.717, 1.165) is 78.0 Å². The molecule has 21 heteroatoms. The molecule has 0 aliphatic carbocycles. The highest BCUT2D eigenvalue weighted by Crippen LogP contribution is 2.36. The number of rotatable bonds is 10. The minimum atomic E-state index is -3.92. The van der Waals surface area contributed by atoms with Gasteiger partial charge in [-0.2, -0.15) is 16.8 Å². The molecule has 0 unspecified atom stereocenters. The van der Waals surface area contributed by atoms with Crippen molar-refractivity contribution in [3.63, 3.8) is 0 Å². The van der Waals surface area contributed by atoms with Gasteiger partial charge in [0.2, 0.25) is 0 Å². The average molecular weight is 974 g/mol. The Labute approximate surface area is 375 Å². The van der Waals surface area contributed by atoms with Crippen molar-refractivity contribution >= 4 is 40.5 Å². The van der Waals surface area contributed by atoms with E-state index in [-0.39, 0.29) is 36.8 Å². The van der Waals surface area contributed by atoms with Gasteiger partial charge in [-0.1, -0.05) is 104 Å². The van der Waals surface area contributed by atoms with Crippen LogP contribution in [-0.4, -0.2) is 72.3 Å². The zero-order valence-corrected chi connectivity index (χ0v) is 38.0. The SMILES string of the molecule is C.CS(=O)(=O)OCc1cccc(F)c1COS(C)(=O)=O.CS(=O)(=O)[O-].CS(=O)(=O)[O-].Fc1cccc2c1CNC2.Fc1cccc2c1C[N+](Cc1ccccc1)(Cc1ccccc1)C2. The molecule has 0 amide bonds. The molecule has 0 radical (unpaired) electrons. The largest absolute Gasteiger partial charge is 0.748 e. The summed E-state index contributed by atoms with van der Waals surface area (Å²) in [5.74, 6) is -0.839. The van der Waals surface area contributed by atoms with Gasteiger partial charge in [0, 0.05) is 53.4 Å². The predicted molar refractivity (Wildman–Crippen MR) is 235 cm³/mol. The van der Waals surface area contributed by atoms with E-state index in [1.807, 2.05) is 24.3 Å². The Balaban J connectivity index is 0.000000311. The van der Waals surface area contributed by atoms with E-state index in [1.165, 1.54) is 29.3 Å². The van der Waals surface area contributed by atoms with Crippen LogP contribution < -0.4 is 5.32 Å². The van der Waals surface area contributed by atoms with Gasteiger partial charge in [0.05, 0.1) is 51.5 Å². The Morgan fingerprint density at radius 1 is 0.531 bits per heavy atom. The molecule has 0 saturated heterocycles. The minimum Gasteiger partial charge on any atom is -0.748 e. The van der Waals surface area contributed by atoms with E-state index in [9.17, 15) is 30.0 Å². The van der Waals surface area contributed by atoms with Crippen molar-refractivity contribution in [1.82, 2.24) is 5.32 Å². The van der Waals surface area contributed by atoms with Crippen LogP contribution >= 0.6 is 0 Å². The molecular formula is C43H52F3N2O12S4-. The van der Waals surface area contributed by atoms with Gasteiger partial charge < -0.3 is 18.9 Å². The number of hydrogen-bond donors (Lipinski definition) is 1. The number of nitrogens with one attached hydrogen (secondary N) is 1. The number of hydrogen-bond acceptors (Lipinski definition) is 13. The van der Waals surface area contributed by atoms with E-state index >= 15 is 0 Å². The van der Waals surface area contributed by atoms with Gasteiger partial charge in [-0.25, -0.2) is 30.0 Å². The second-order valence-corrected chi connectivity index (χ2v) is 20.6. The number of benzene rings is 5. The first-order valence-electron chi connectivity index (χ1n) is 18.6. The zero-order valence-electron chi connectivity index (χ0n) is 34.7. The first kappa shape index (κ1) is 55.6. The molecule has 352 valence electrons. The van der Waals surface area contributed by atoms with Crippen molar-refractivity contribution in [1.29, 1.82) is 0 Å². The second kappa shape index (κ2) is 24.7. The highest BCUT2D eigenvalue weighted by molar-refractivity contribution is 7.86. The van der Waals surface area contributed by atoms with Crippen molar-refractivity contribution in [3.8, 4) is 0 Å². The number of halogens is 3. The summed E-state index contributed by atoms with van der Waals surface area (Å²) in [6.07, 6.45) is 2.90. The standard InChI is InChI=1S/C22H21FN.C10H13FO6S2.C8H8FN.2CH4O3S.CH4/c23-22-13-7-12-20-16-24(17-21(20)22,14-18-8-3-1-4-9-18)15-19-10-5-2-6-11-19;1-18(12,13)16-6-8-4-3-5-10(11)9(8)7-17-19(2,14)15;9-8-3-1-2-6-4-10-5-7(6)8;2*1-5(2,3)4;/h1-13H,14-17H2;3-5H,6-7H2,1-2H3;1-3,10H,4-5H2;2*1H3,(H,2,3,4);1H4/q+1;;;;;/p-2. The lowest BCUT2D eigenvalue weighted by atomic mass is 10.1. The summed E-state index contributed by atoms with van der Waals surface area (Å²) >= 11 is 0. The lowest BCUT2D eigenvalue weighted by molar-refractivity contribution is -0.972. The van der Waals surface area contributed by atoms with Gasteiger partial charge in [0.1, 0.15) is 43.6 Å². The van der Waals surface area contributed by atoms with E-state index in [2.05, 4.69) is 68.3 Å². The predicted octanol–water partition coefficient (Wildman–Crippen LogP) is 6.22. The topological polar surface area (TPSA) is 213 Å². The van der Waals surface area contributed by atoms with Crippen LogP contribution in [0.15, 0.2) is 115 Å². The monoisotopic (exact) mass is 973 g/mol. The van der Waals surface area contributed by atoms with Crippen LogP contribution in [0.3, 0.4) is 0 Å². The molecule has 1 N–H and O–H groups in total. The molecule has 5 aromatic rings. The number of quaternary nitrogens is 1. The number of nitrogens with zero attached hydrogens (tertiary/aromatic N) is 1. The fraction of sp³-hybridized carbons (Fsp3) is 0.302. The van der Waals surface area contributed by atoms with Crippen LogP contribution in [0.2, 0.25) is 0 Å². The van der Waals surface area contributed by atoms with Crippen molar-refractivity contribution in [2.45, 2.75) is 59.9 Å². The van der Waals surface area contributed by atoms with Gasteiger partial charge >= 0.3 is 0 Å². The minimum absolute atomic E-state index is 0. The average Bonchev–Trinajstić information content (AvgIpc) is 3.79. The summed E-state index contributed by atoms with van der Waals surface area (Å²) in [6, 6.07) is 35.7. The molecule has 0 saturated carbocycles. The van der Waals surface area contributed by atoms with E-state index in [4.69, 9.17) is 25.9 Å². The Hall–Kier alpha value is -4.55. The molecule has 2 aliphatic heterocycles. The molecule has 7 rings (SSSR count). The molecule has 0 aromatic heterocycles. The maximum atomic E-state index is 14.3. The lowest BCUT2D eigenvalue weighted by Crippen LogP contribution is -2.41. The Morgan fingerprint density at radius 2 is 0.953 bits per heavy atom. The van der Waals surface area contributed by atoms with Crippen LogP contribution in [0.25, 0.3) is 0 Å². The molecule has 5 aromatic carbocycles. The molecule has 2 aliphatic rings. The van der Waals surface area contributed by atoms with Gasteiger partial charge in [-0.05, 0) is 29.3 Å². The summed E-state index contributed by atoms with van der Waals surface area (Å²) in [7, 11) is -15.2. The third-order valence-electron chi connectivity index (χ3n) is 8.83. The molecular weight excluding hydrogens is 922 g/mol. The molecule has 14 nitrogen and oxygen atoms in total. The summed E-state index contributed by atoms with van der Waals surface area (Å²) in [5.41, 5.74) is 6.74. The first-order chi connectivity index (χ1) is 29.2. The van der Waals surface area contributed by atoms with E-state index in [0.29, 0.717) is 19.1 Å². The Bertz CT molecular complexity index is 2640. The van der Waals surface area contributed by atoms with E-state index < -0.39 is 52.9 Å². The second-order valence-electron chi connectivity index (χ2n) is 14.5. The molecule has 0 atom stereocenters. The van der Waals surface area contributed by atoms with Gasteiger partial charge in [0.15, 0.2) is 0 Å². The van der Waals surface area contributed by atoms with Crippen molar-refractivity contribution < 1.29 is 68.8 Å². The Kier molecular flexibility index (Phi) is 21.4. The summed E-state index contributed by atoms with van der Waals surface area (Å²) in [5, 5.41) is 3.09. The quantitative estimate of drug-likeness (QED) is 0.0936. The van der Waals surface area contributed by atoms with Crippen LogP contribution in [0.4, 0.5) is 13.2 Å². The fourth-order valence-electron chi connectivity index (χ4n) is 6.43. The zero-order chi connectivity index (χ0) is 47.1. The van der Waals surface area contributed by atoms with Crippen molar-refractivity contribution in [2.75, 3.05) is 25.0 Å². The third-order valence-corrected chi connectivity index (χ3v) is 9.92. The molecule has 0 bridgehead atoms. The van der Waals surface area contributed by atoms with Crippen LogP contribution in [0, 0.1) is 17.5 Å². The molecule has 0 fully saturated rings. The molecule has 64 heavy (non-hydrogen) atoms. The summed E-state index contributed by atoms with van der Waals surface area (Å²) in [6.45, 7) is 4.07. The van der Waals surface area contributed by atoms with Crippen molar-refractivity contribution in [3.05, 3.63) is 177 Å². The van der Waals surface area contributed by atoms with Crippen molar-refractivity contribution in [2.24, 2.45) is 0 Å². The van der Waals surface area contributed by atoms with E-state index in [1.54, 1.807) is 12.1 Å². The van der Waals surface area contributed by atoms with Crippen LogP contribution in [-0.2, 0) is 101 Å². The van der Waals surface area contributed by atoms with Crippen LogP contribution in [0.5, 0.6) is 0 Å².